The molecule has 0 radical (unpaired) electrons. The standard InChI is InChI=1S/C20H18ClF4N3O4S.ClH/c21-12-3-1-11(2-4-12)9-28-16-7-13(18(29)27-6-5-20(23,24)25)14(22)8-17(16)33(31,32)10-15(26)19(28)30;/h1-4,7-8,15H,5-6,9-10,26H2,(H,27,29);1H/t15-;/m0./s1. The molecule has 0 saturated carbocycles. The van der Waals surface area contributed by atoms with Crippen LogP contribution in [0.3, 0.4) is 0 Å². The molecule has 2 amide bonds. The molecule has 2 aromatic carbocycles. The Balaban J connectivity index is 0.00000408. The lowest BCUT2D eigenvalue weighted by molar-refractivity contribution is -0.133. The molecule has 7 nitrogen and oxygen atoms in total. The van der Waals surface area contributed by atoms with Crippen molar-refractivity contribution in [2.75, 3.05) is 17.2 Å². The summed E-state index contributed by atoms with van der Waals surface area (Å²) in [6.07, 6.45) is -5.87. The fourth-order valence-electron chi connectivity index (χ4n) is 3.24. The van der Waals surface area contributed by atoms with Gasteiger partial charge in [-0.05, 0) is 29.8 Å². The Labute approximate surface area is 203 Å². The molecule has 2 aromatic rings. The first-order valence-corrected chi connectivity index (χ1v) is 11.5. The Morgan fingerprint density at radius 2 is 1.82 bits per heavy atom. The molecule has 1 aliphatic heterocycles. The van der Waals surface area contributed by atoms with Crippen LogP contribution >= 0.6 is 24.0 Å². The molecule has 186 valence electrons. The van der Waals surface area contributed by atoms with E-state index >= 15 is 0 Å². The molecule has 0 aromatic heterocycles. The second-order valence-corrected chi connectivity index (χ2v) is 9.80. The summed E-state index contributed by atoms with van der Waals surface area (Å²) in [6, 6.07) is 6.19. The van der Waals surface area contributed by atoms with Gasteiger partial charge in [-0.25, -0.2) is 12.8 Å². The van der Waals surface area contributed by atoms with Gasteiger partial charge in [-0.15, -0.1) is 12.4 Å². The molecule has 14 heteroatoms. The van der Waals surface area contributed by atoms with Crippen LogP contribution in [0, 0.1) is 5.82 Å². The van der Waals surface area contributed by atoms with E-state index in [1.54, 1.807) is 24.3 Å². The SMILES string of the molecule is Cl.N[C@H]1CS(=O)(=O)c2cc(F)c(C(=O)NCCC(F)(F)F)cc2N(Cc2ccc(Cl)cc2)C1=O. The number of fused-ring (bicyclic) bond motifs is 1. The van der Waals surface area contributed by atoms with Crippen molar-refractivity contribution in [1.82, 2.24) is 5.32 Å². The average molecular weight is 544 g/mol. The maximum atomic E-state index is 14.7. The van der Waals surface area contributed by atoms with E-state index in [0.717, 1.165) is 11.0 Å². The molecule has 3 N–H and O–H groups in total. The van der Waals surface area contributed by atoms with E-state index < -0.39 is 68.9 Å². The fourth-order valence-corrected chi connectivity index (χ4v) is 4.93. The molecule has 0 aliphatic carbocycles. The molecule has 34 heavy (non-hydrogen) atoms. The third-order valence-corrected chi connectivity index (χ3v) is 6.90. The van der Waals surface area contributed by atoms with Crippen molar-refractivity contribution < 1.29 is 35.6 Å². The van der Waals surface area contributed by atoms with Crippen LogP contribution in [0.5, 0.6) is 0 Å². The first-order valence-electron chi connectivity index (χ1n) is 9.51. The molecule has 0 spiro atoms. The number of benzene rings is 2. The summed E-state index contributed by atoms with van der Waals surface area (Å²) in [5.41, 5.74) is 5.29. The van der Waals surface area contributed by atoms with Crippen LogP contribution in [0.1, 0.15) is 22.3 Å². The topological polar surface area (TPSA) is 110 Å². The Hall–Kier alpha value is -2.41. The van der Waals surface area contributed by atoms with Crippen LogP contribution < -0.4 is 16.0 Å². The number of nitrogens with one attached hydrogen (secondary N) is 1. The lowest BCUT2D eigenvalue weighted by Gasteiger charge is -2.25. The number of nitrogens with two attached hydrogens (primary N) is 1. The first kappa shape index (κ1) is 27.8. The smallest absolute Gasteiger partial charge is 0.352 e. The highest BCUT2D eigenvalue weighted by molar-refractivity contribution is 7.91. The molecule has 1 heterocycles. The molecule has 0 fully saturated rings. The largest absolute Gasteiger partial charge is 0.390 e. The average Bonchev–Trinajstić information content (AvgIpc) is 2.77. The molecule has 0 unspecified atom stereocenters. The van der Waals surface area contributed by atoms with E-state index in [9.17, 15) is 35.6 Å². The van der Waals surface area contributed by atoms with Crippen LogP contribution in [0.15, 0.2) is 41.3 Å². The van der Waals surface area contributed by atoms with Gasteiger partial charge in [0, 0.05) is 11.6 Å². The van der Waals surface area contributed by atoms with Gasteiger partial charge in [-0.1, -0.05) is 23.7 Å². The summed E-state index contributed by atoms with van der Waals surface area (Å²) in [5.74, 6) is -4.03. The zero-order valence-electron chi connectivity index (χ0n) is 17.2. The van der Waals surface area contributed by atoms with Crippen molar-refractivity contribution in [3.63, 3.8) is 0 Å². The van der Waals surface area contributed by atoms with Gasteiger partial charge in [0.1, 0.15) is 5.82 Å². The van der Waals surface area contributed by atoms with Crippen LogP contribution in [0.2, 0.25) is 5.02 Å². The molecule has 3 rings (SSSR count). The Morgan fingerprint density at radius 3 is 2.41 bits per heavy atom. The van der Waals surface area contributed by atoms with E-state index in [2.05, 4.69) is 0 Å². The minimum absolute atomic E-state index is 0. The zero-order chi connectivity index (χ0) is 24.6. The number of halogens is 6. The van der Waals surface area contributed by atoms with Crippen molar-refractivity contribution >= 4 is 51.3 Å². The van der Waals surface area contributed by atoms with Gasteiger partial charge in [0.05, 0.1) is 40.9 Å². The molecular weight excluding hydrogens is 525 g/mol. The maximum absolute atomic E-state index is 14.7. The van der Waals surface area contributed by atoms with Gasteiger partial charge >= 0.3 is 6.18 Å². The fraction of sp³-hybridized carbons (Fsp3) is 0.300. The molecule has 1 aliphatic rings. The number of alkyl halides is 3. The quantitative estimate of drug-likeness (QED) is 0.562. The Bertz CT molecular complexity index is 1190. The summed E-state index contributed by atoms with van der Waals surface area (Å²) in [5, 5.41) is 2.36. The summed E-state index contributed by atoms with van der Waals surface area (Å²) in [7, 11) is -4.22. The highest BCUT2D eigenvalue weighted by Gasteiger charge is 2.37. The maximum Gasteiger partial charge on any atom is 0.390 e. The minimum atomic E-state index is -4.54. The monoisotopic (exact) mass is 543 g/mol. The van der Waals surface area contributed by atoms with Crippen molar-refractivity contribution in [3.8, 4) is 0 Å². The third kappa shape index (κ3) is 6.38. The van der Waals surface area contributed by atoms with Crippen LogP contribution in [0.4, 0.5) is 23.2 Å². The highest BCUT2D eigenvalue weighted by Crippen LogP contribution is 2.34. The number of nitrogens with zero attached hydrogens (tertiary/aromatic N) is 1. The first-order chi connectivity index (χ1) is 15.3. The number of anilines is 1. The third-order valence-electron chi connectivity index (χ3n) is 4.85. The predicted molar refractivity (Wildman–Crippen MR) is 119 cm³/mol. The van der Waals surface area contributed by atoms with Gasteiger partial charge in [0.25, 0.3) is 5.91 Å². The lowest BCUT2D eigenvalue weighted by atomic mass is 10.1. The van der Waals surface area contributed by atoms with Crippen LogP contribution in [-0.4, -0.2) is 44.7 Å². The van der Waals surface area contributed by atoms with E-state index in [1.165, 1.54) is 0 Å². The second kappa shape index (κ2) is 10.5. The number of hydrogen-bond acceptors (Lipinski definition) is 5. The van der Waals surface area contributed by atoms with Gasteiger partial charge < -0.3 is 16.0 Å². The van der Waals surface area contributed by atoms with Crippen molar-refractivity contribution in [3.05, 3.63) is 58.4 Å². The minimum Gasteiger partial charge on any atom is -0.352 e. The second-order valence-electron chi connectivity index (χ2n) is 7.36. The van der Waals surface area contributed by atoms with Crippen LogP contribution in [0.25, 0.3) is 0 Å². The number of carbonyl (C=O) groups excluding carboxylic acids is 2. The van der Waals surface area contributed by atoms with Crippen molar-refractivity contribution in [2.45, 2.75) is 30.1 Å². The number of amides is 2. The summed E-state index contributed by atoms with van der Waals surface area (Å²) in [4.78, 5) is 25.7. The van der Waals surface area contributed by atoms with Crippen molar-refractivity contribution in [1.29, 1.82) is 0 Å². The van der Waals surface area contributed by atoms with E-state index in [0.29, 0.717) is 16.7 Å². The molecule has 0 saturated heterocycles. The number of rotatable bonds is 5. The Kier molecular flexibility index (Phi) is 8.57. The number of carbonyl (C=O) groups is 2. The highest BCUT2D eigenvalue weighted by atomic mass is 35.5. The molecule has 1 atom stereocenters. The molecular formula is C20H19Cl2F4N3O4S. The normalized spacial score (nSPS) is 17.4. The van der Waals surface area contributed by atoms with Crippen molar-refractivity contribution in [2.24, 2.45) is 5.73 Å². The number of hydrogen-bond donors (Lipinski definition) is 2. The van der Waals surface area contributed by atoms with E-state index in [1.807, 2.05) is 5.32 Å². The van der Waals surface area contributed by atoms with Crippen LogP contribution in [-0.2, 0) is 21.2 Å². The summed E-state index contributed by atoms with van der Waals surface area (Å²) >= 11 is 5.86. The summed E-state index contributed by atoms with van der Waals surface area (Å²) < 4.78 is 77.2. The van der Waals surface area contributed by atoms with Gasteiger partial charge in [0.15, 0.2) is 9.84 Å². The van der Waals surface area contributed by atoms with E-state index in [4.69, 9.17) is 17.3 Å². The van der Waals surface area contributed by atoms with Gasteiger partial charge in [0.2, 0.25) is 5.91 Å². The zero-order valence-corrected chi connectivity index (χ0v) is 19.6. The lowest BCUT2D eigenvalue weighted by Crippen LogP contribution is -2.45. The summed E-state index contributed by atoms with van der Waals surface area (Å²) in [6.45, 7) is -0.984. The van der Waals surface area contributed by atoms with E-state index in [-0.39, 0.29) is 24.6 Å². The van der Waals surface area contributed by atoms with Gasteiger partial charge in [-0.3, -0.25) is 9.59 Å². The molecule has 0 bridgehead atoms. The van der Waals surface area contributed by atoms with Gasteiger partial charge in [-0.2, -0.15) is 13.2 Å². The predicted octanol–water partition coefficient (Wildman–Crippen LogP) is 3.23. The number of sulfone groups is 1. The Morgan fingerprint density at radius 1 is 1.21 bits per heavy atom.